The molecular formula is C30H26Cl2N4O4S2. The first-order valence-corrected chi connectivity index (χ1v) is 15.8. The highest BCUT2D eigenvalue weighted by Crippen LogP contribution is 2.44. The van der Waals surface area contributed by atoms with Crippen LogP contribution >= 0.6 is 46.3 Å². The lowest BCUT2D eigenvalue weighted by molar-refractivity contribution is -0.132. The second-order valence-corrected chi connectivity index (χ2v) is 12.4. The van der Waals surface area contributed by atoms with Crippen molar-refractivity contribution in [2.75, 3.05) is 11.5 Å². The fourth-order valence-electron chi connectivity index (χ4n) is 4.44. The Morgan fingerprint density at radius 2 is 1.81 bits per heavy atom. The number of halogens is 2. The number of aliphatic hydroxyl groups is 1. The van der Waals surface area contributed by atoms with Crippen molar-refractivity contribution in [1.29, 1.82) is 0 Å². The first kappa shape index (κ1) is 30.0. The van der Waals surface area contributed by atoms with Crippen LogP contribution in [0.3, 0.4) is 0 Å². The lowest BCUT2D eigenvalue weighted by atomic mass is 9.95. The Morgan fingerprint density at radius 3 is 2.52 bits per heavy atom. The van der Waals surface area contributed by atoms with Crippen LogP contribution < -0.4 is 9.64 Å². The SMILES string of the molecule is CCCCCOc1ccc(C2C(=C(O)c3ccncc3)C(=O)C(=O)N2c2nnc(SCc3ccc(Cl)cc3Cl)s2)cc1. The van der Waals surface area contributed by atoms with Gasteiger partial charge in [-0.2, -0.15) is 0 Å². The minimum absolute atomic E-state index is 0.0415. The van der Waals surface area contributed by atoms with Gasteiger partial charge in [-0.1, -0.05) is 84.3 Å². The number of Topliss-reactive ketones (excluding diaryl/α,β-unsaturated/α-hetero) is 1. The molecule has 4 aromatic rings. The molecule has 5 rings (SSSR count). The molecule has 12 heteroatoms. The van der Waals surface area contributed by atoms with E-state index in [9.17, 15) is 14.7 Å². The van der Waals surface area contributed by atoms with Crippen molar-refractivity contribution >= 4 is 68.9 Å². The number of aromatic nitrogens is 3. The Morgan fingerprint density at radius 1 is 1.05 bits per heavy atom. The maximum absolute atomic E-state index is 13.5. The summed E-state index contributed by atoms with van der Waals surface area (Å²) in [5.74, 6) is -0.721. The Hall–Kier alpha value is -3.44. The molecule has 1 amide bonds. The number of anilines is 1. The van der Waals surface area contributed by atoms with Gasteiger partial charge in [0.05, 0.1) is 18.2 Å². The summed E-state index contributed by atoms with van der Waals surface area (Å²) in [6.45, 7) is 2.73. The zero-order valence-corrected chi connectivity index (χ0v) is 25.6. The lowest BCUT2D eigenvalue weighted by Crippen LogP contribution is -2.29. The van der Waals surface area contributed by atoms with Gasteiger partial charge < -0.3 is 9.84 Å². The zero-order valence-electron chi connectivity index (χ0n) is 22.5. The number of rotatable bonds is 11. The van der Waals surface area contributed by atoms with Crippen LogP contribution in [0.1, 0.15) is 48.9 Å². The smallest absolute Gasteiger partial charge is 0.301 e. The van der Waals surface area contributed by atoms with Crippen molar-refractivity contribution in [3.05, 3.63) is 99.3 Å². The molecule has 1 saturated heterocycles. The molecule has 0 spiro atoms. The van der Waals surface area contributed by atoms with Gasteiger partial charge >= 0.3 is 5.91 Å². The van der Waals surface area contributed by atoms with Gasteiger partial charge in [0.25, 0.3) is 5.78 Å². The van der Waals surface area contributed by atoms with Gasteiger partial charge in [-0.25, -0.2) is 0 Å². The van der Waals surface area contributed by atoms with E-state index in [0.29, 0.717) is 43.6 Å². The summed E-state index contributed by atoms with van der Waals surface area (Å²) in [7, 11) is 0. The Balaban J connectivity index is 1.47. The number of benzene rings is 2. The Kier molecular flexibility index (Phi) is 9.79. The van der Waals surface area contributed by atoms with Gasteiger partial charge in [0.15, 0.2) is 4.34 Å². The predicted octanol–water partition coefficient (Wildman–Crippen LogP) is 7.73. The minimum Gasteiger partial charge on any atom is -0.507 e. The maximum atomic E-state index is 13.5. The molecule has 1 aliphatic heterocycles. The highest BCUT2D eigenvalue weighted by Gasteiger charge is 2.48. The maximum Gasteiger partial charge on any atom is 0.301 e. The number of amides is 1. The molecule has 1 aliphatic rings. The van der Waals surface area contributed by atoms with Crippen LogP contribution in [0.5, 0.6) is 5.75 Å². The van der Waals surface area contributed by atoms with E-state index in [4.69, 9.17) is 27.9 Å². The van der Waals surface area contributed by atoms with E-state index in [0.717, 1.165) is 24.8 Å². The third-order valence-electron chi connectivity index (χ3n) is 6.58. The number of thioether (sulfide) groups is 1. The zero-order chi connectivity index (χ0) is 29.6. The number of ketones is 1. The average Bonchev–Trinajstić information content (AvgIpc) is 3.57. The van der Waals surface area contributed by atoms with E-state index < -0.39 is 17.7 Å². The number of ether oxygens (including phenoxy) is 1. The molecule has 0 bridgehead atoms. The highest BCUT2D eigenvalue weighted by molar-refractivity contribution is 8.00. The van der Waals surface area contributed by atoms with Crippen LogP contribution in [0.4, 0.5) is 5.13 Å². The molecule has 1 atom stereocenters. The number of carbonyl (C=O) groups excluding carboxylic acids is 2. The fraction of sp³-hybridized carbons (Fsp3) is 0.233. The van der Waals surface area contributed by atoms with Crippen LogP contribution in [0.25, 0.3) is 5.76 Å². The predicted molar refractivity (Wildman–Crippen MR) is 166 cm³/mol. The number of hydrogen-bond donors (Lipinski definition) is 1. The quantitative estimate of drug-likeness (QED) is 0.0443. The van der Waals surface area contributed by atoms with E-state index in [-0.39, 0.29) is 16.5 Å². The number of pyridine rings is 1. The second kappa shape index (κ2) is 13.7. The summed E-state index contributed by atoms with van der Waals surface area (Å²) in [5, 5.41) is 21.1. The third-order valence-corrected chi connectivity index (χ3v) is 9.27. The normalized spacial score (nSPS) is 16.3. The van der Waals surface area contributed by atoms with Crippen molar-refractivity contribution in [3.63, 3.8) is 0 Å². The summed E-state index contributed by atoms with van der Waals surface area (Å²) >= 11 is 14.9. The number of hydrogen-bond acceptors (Lipinski definition) is 9. The van der Waals surface area contributed by atoms with E-state index in [2.05, 4.69) is 22.1 Å². The van der Waals surface area contributed by atoms with Crippen molar-refractivity contribution in [2.24, 2.45) is 0 Å². The number of nitrogens with zero attached hydrogens (tertiary/aromatic N) is 4. The van der Waals surface area contributed by atoms with E-state index >= 15 is 0 Å². The molecule has 8 nitrogen and oxygen atoms in total. The Labute approximate surface area is 261 Å². The van der Waals surface area contributed by atoms with Crippen molar-refractivity contribution in [3.8, 4) is 5.75 Å². The molecule has 0 saturated carbocycles. The molecule has 3 heterocycles. The van der Waals surface area contributed by atoms with Gasteiger partial charge in [-0.05, 0) is 53.9 Å². The van der Waals surface area contributed by atoms with Gasteiger partial charge in [0.1, 0.15) is 11.5 Å². The van der Waals surface area contributed by atoms with Crippen molar-refractivity contribution < 1.29 is 19.4 Å². The van der Waals surface area contributed by atoms with Crippen molar-refractivity contribution in [2.45, 2.75) is 42.3 Å². The third kappa shape index (κ3) is 6.62. The first-order chi connectivity index (χ1) is 20.4. The molecule has 216 valence electrons. The standard InChI is InChI=1S/C30H26Cl2N4O4S2/c1-2-3-4-15-40-22-9-6-18(7-10-22)25-24(26(37)19-11-13-33-14-12-19)27(38)28(39)36(25)29-34-35-30(42-29)41-17-20-5-8-21(31)16-23(20)32/h5-14,16,25,37H,2-4,15,17H2,1H3. The van der Waals surface area contributed by atoms with Crippen LogP contribution in [0.15, 0.2) is 76.9 Å². The summed E-state index contributed by atoms with van der Waals surface area (Å²) < 4.78 is 6.43. The summed E-state index contributed by atoms with van der Waals surface area (Å²) in [4.78, 5) is 32.2. The molecule has 2 aromatic heterocycles. The number of unbranched alkanes of at least 4 members (excludes halogenated alkanes) is 2. The fourth-order valence-corrected chi connectivity index (χ4v) is 6.86. The molecule has 0 aliphatic carbocycles. The molecule has 1 fully saturated rings. The summed E-state index contributed by atoms with van der Waals surface area (Å²) in [6.07, 6.45) is 6.14. The molecule has 1 N–H and O–H groups in total. The van der Waals surface area contributed by atoms with Crippen molar-refractivity contribution in [1.82, 2.24) is 15.2 Å². The van der Waals surface area contributed by atoms with E-state index in [1.165, 1.54) is 40.4 Å². The molecule has 42 heavy (non-hydrogen) atoms. The number of carbonyl (C=O) groups is 2. The largest absolute Gasteiger partial charge is 0.507 e. The van der Waals surface area contributed by atoms with Crippen LogP contribution in [-0.4, -0.2) is 38.6 Å². The Bertz CT molecular complexity index is 1610. The molecular weight excluding hydrogens is 615 g/mol. The lowest BCUT2D eigenvalue weighted by Gasteiger charge is -2.22. The summed E-state index contributed by atoms with van der Waals surface area (Å²) in [5.41, 5.74) is 1.82. The van der Waals surface area contributed by atoms with Crippen LogP contribution in [0, 0.1) is 0 Å². The topological polar surface area (TPSA) is 106 Å². The summed E-state index contributed by atoms with van der Waals surface area (Å²) in [6, 6.07) is 14.7. The first-order valence-electron chi connectivity index (χ1n) is 13.2. The second-order valence-electron chi connectivity index (χ2n) is 9.40. The highest BCUT2D eigenvalue weighted by atomic mass is 35.5. The molecule has 0 radical (unpaired) electrons. The van der Waals surface area contributed by atoms with Gasteiger partial charge in [0.2, 0.25) is 5.13 Å². The van der Waals surface area contributed by atoms with Gasteiger partial charge in [0, 0.05) is 33.8 Å². The van der Waals surface area contributed by atoms with E-state index in [1.54, 1.807) is 48.5 Å². The van der Waals surface area contributed by atoms with Crippen LogP contribution in [0.2, 0.25) is 10.0 Å². The van der Waals surface area contributed by atoms with Gasteiger partial charge in [-0.15, -0.1) is 10.2 Å². The van der Waals surface area contributed by atoms with Crippen LogP contribution in [-0.2, 0) is 15.3 Å². The average molecular weight is 642 g/mol. The molecule has 1 unspecified atom stereocenters. The monoisotopic (exact) mass is 640 g/mol. The molecule has 2 aromatic carbocycles. The van der Waals surface area contributed by atoms with Gasteiger partial charge in [-0.3, -0.25) is 19.5 Å². The minimum atomic E-state index is -0.927. The van der Waals surface area contributed by atoms with E-state index in [1.807, 2.05) is 6.07 Å². The number of aliphatic hydroxyl groups excluding tert-OH is 1.